The van der Waals surface area contributed by atoms with Crippen molar-refractivity contribution in [2.24, 2.45) is 0 Å². The number of hydrogen-bond donors (Lipinski definition) is 1. The number of piperazine rings is 1. The van der Waals surface area contributed by atoms with Gasteiger partial charge in [0.05, 0.1) is 6.04 Å². The maximum absolute atomic E-state index is 12.4. The third kappa shape index (κ3) is 4.97. The van der Waals surface area contributed by atoms with Gasteiger partial charge in [0.25, 0.3) is 5.89 Å². The van der Waals surface area contributed by atoms with E-state index in [4.69, 9.17) is 4.52 Å². The predicted octanol–water partition coefficient (Wildman–Crippen LogP) is 2.84. The molecule has 1 N–H and O–H groups in total. The van der Waals surface area contributed by atoms with Crippen LogP contribution in [0.1, 0.15) is 23.3 Å². The van der Waals surface area contributed by atoms with Gasteiger partial charge in [0.1, 0.15) is 5.75 Å². The van der Waals surface area contributed by atoms with Gasteiger partial charge >= 0.3 is 6.61 Å². The van der Waals surface area contributed by atoms with E-state index in [0.29, 0.717) is 17.3 Å². The molecule has 1 saturated heterocycles. The quantitative estimate of drug-likeness (QED) is 0.870. The van der Waals surface area contributed by atoms with Crippen LogP contribution in [0.4, 0.5) is 8.78 Å². The van der Waals surface area contributed by atoms with Gasteiger partial charge in [-0.15, -0.1) is 12.4 Å². The number of benzene rings is 1. The highest BCUT2D eigenvalue weighted by Gasteiger charge is 2.24. The lowest BCUT2D eigenvalue weighted by atomic mass is 10.2. The molecule has 1 aliphatic heterocycles. The highest BCUT2D eigenvalue weighted by molar-refractivity contribution is 5.85. The Balaban J connectivity index is 0.00000225. The van der Waals surface area contributed by atoms with Gasteiger partial charge in [-0.25, -0.2) is 0 Å². The van der Waals surface area contributed by atoms with Crippen LogP contribution < -0.4 is 10.1 Å². The second-order valence-electron chi connectivity index (χ2n) is 5.44. The Bertz CT molecular complexity index is 711. The minimum atomic E-state index is -2.87. The molecular weight excluding hydrogens is 354 g/mol. The zero-order valence-corrected chi connectivity index (χ0v) is 14.4. The molecule has 1 atom stereocenters. The average Bonchev–Trinajstić information content (AvgIpc) is 3.03. The van der Waals surface area contributed by atoms with Crippen LogP contribution in [0.2, 0.25) is 0 Å². The number of likely N-dealkylation sites (N-methyl/N-ethyl adjacent to an activating group) is 1. The van der Waals surface area contributed by atoms with E-state index in [1.165, 1.54) is 6.07 Å². The van der Waals surface area contributed by atoms with E-state index in [1.54, 1.807) is 30.4 Å². The van der Waals surface area contributed by atoms with Gasteiger partial charge in [0, 0.05) is 31.3 Å². The Labute approximate surface area is 150 Å². The third-order valence-corrected chi connectivity index (χ3v) is 3.81. The van der Waals surface area contributed by atoms with Crippen LogP contribution in [0.5, 0.6) is 5.75 Å². The maximum atomic E-state index is 12.4. The van der Waals surface area contributed by atoms with Crippen molar-refractivity contribution in [3.05, 3.63) is 41.5 Å². The smallest absolute Gasteiger partial charge is 0.387 e. The summed E-state index contributed by atoms with van der Waals surface area (Å²) < 4.78 is 34.5. The molecule has 1 aromatic heterocycles. The van der Waals surface area contributed by atoms with Crippen molar-refractivity contribution < 1.29 is 18.0 Å². The number of nitrogens with zero attached hydrogens (tertiary/aromatic N) is 3. The number of nitrogens with one attached hydrogen (secondary N) is 1. The van der Waals surface area contributed by atoms with Crippen molar-refractivity contribution in [3.63, 3.8) is 0 Å². The van der Waals surface area contributed by atoms with Crippen molar-refractivity contribution in [1.29, 1.82) is 0 Å². The summed E-state index contributed by atoms with van der Waals surface area (Å²) in [6, 6.07) is 6.57. The normalized spacial score (nSPS) is 18.5. The summed E-state index contributed by atoms with van der Waals surface area (Å²) in [6.07, 6.45) is 3.19. The first-order valence-corrected chi connectivity index (χ1v) is 7.60. The van der Waals surface area contributed by atoms with Crippen LogP contribution in [0.3, 0.4) is 0 Å². The number of rotatable bonds is 5. The zero-order valence-electron chi connectivity index (χ0n) is 13.6. The summed E-state index contributed by atoms with van der Waals surface area (Å²) in [5.74, 6) is 1.01. The van der Waals surface area contributed by atoms with E-state index in [0.717, 1.165) is 19.6 Å². The molecule has 1 unspecified atom stereocenters. The van der Waals surface area contributed by atoms with Crippen molar-refractivity contribution in [2.75, 3.05) is 26.7 Å². The molecule has 6 nitrogen and oxygen atoms in total. The Kier molecular flexibility index (Phi) is 6.86. The molecule has 0 aliphatic carbocycles. The maximum Gasteiger partial charge on any atom is 0.387 e. The van der Waals surface area contributed by atoms with Gasteiger partial charge in [0.2, 0.25) is 0 Å². The Morgan fingerprint density at radius 2 is 2.16 bits per heavy atom. The molecule has 0 bridgehead atoms. The van der Waals surface area contributed by atoms with Gasteiger partial charge < -0.3 is 14.6 Å². The van der Waals surface area contributed by atoms with Crippen LogP contribution in [-0.2, 0) is 0 Å². The van der Waals surface area contributed by atoms with Crippen LogP contribution >= 0.6 is 12.4 Å². The van der Waals surface area contributed by atoms with Crippen LogP contribution in [0, 0.1) is 0 Å². The molecule has 1 fully saturated rings. The summed E-state index contributed by atoms with van der Waals surface area (Å²) in [5.41, 5.74) is 0.508. The van der Waals surface area contributed by atoms with Gasteiger partial charge in [-0.3, -0.25) is 4.90 Å². The number of para-hydroxylation sites is 1. The van der Waals surface area contributed by atoms with Gasteiger partial charge in [0.15, 0.2) is 5.82 Å². The largest absolute Gasteiger partial charge is 0.434 e. The molecule has 0 saturated carbocycles. The van der Waals surface area contributed by atoms with Crippen LogP contribution in [-0.4, -0.2) is 48.3 Å². The fourth-order valence-corrected chi connectivity index (χ4v) is 2.53. The van der Waals surface area contributed by atoms with Crippen molar-refractivity contribution in [3.8, 4) is 5.75 Å². The molecule has 2 aromatic rings. The molecular formula is C16H19ClF2N4O2. The van der Waals surface area contributed by atoms with Crippen LogP contribution in [0.25, 0.3) is 12.2 Å². The van der Waals surface area contributed by atoms with E-state index in [2.05, 4.69) is 25.1 Å². The zero-order chi connectivity index (χ0) is 16.9. The third-order valence-electron chi connectivity index (χ3n) is 3.81. The molecule has 136 valence electrons. The van der Waals surface area contributed by atoms with Crippen molar-refractivity contribution in [2.45, 2.75) is 12.7 Å². The summed E-state index contributed by atoms with van der Waals surface area (Å²) in [5, 5.41) is 7.29. The number of halogens is 3. The molecule has 1 aliphatic rings. The predicted molar refractivity (Wildman–Crippen MR) is 91.8 cm³/mol. The lowest BCUT2D eigenvalue weighted by molar-refractivity contribution is -0.0499. The fraction of sp³-hybridized carbons (Fsp3) is 0.375. The lowest BCUT2D eigenvalue weighted by Gasteiger charge is -2.30. The van der Waals surface area contributed by atoms with Crippen LogP contribution in [0.15, 0.2) is 28.8 Å². The first-order valence-electron chi connectivity index (χ1n) is 7.60. The van der Waals surface area contributed by atoms with E-state index in [1.807, 2.05) is 7.05 Å². The highest BCUT2D eigenvalue weighted by Crippen LogP contribution is 2.23. The van der Waals surface area contributed by atoms with E-state index >= 15 is 0 Å². The summed E-state index contributed by atoms with van der Waals surface area (Å²) >= 11 is 0. The molecule has 9 heteroatoms. The Hall–Kier alpha value is -2.03. The number of alkyl halides is 2. The number of ether oxygens (including phenoxy) is 1. The molecule has 0 amide bonds. The summed E-state index contributed by atoms with van der Waals surface area (Å²) in [7, 11) is 2.01. The number of aromatic nitrogens is 2. The second-order valence-corrected chi connectivity index (χ2v) is 5.44. The number of hydrogen-bond acceptors (Lipinski definition) is 6. The Morgan fingerprint density at radius 3 is 2.92 bits per heavy atom. The fourth-order valence-electron chi connectivity index (χ4n) is 2.53. The molecule has 0 spiro atoms. The summed E-state index contributed by atoms with van der Waals surface area (Å²) in [4.78, 5) is 6.51. The molecule has 2 heterocycles. The van der Waals surface area contributed by atoms with E-state index in [-0.39, 0.29) is 24.2 Å². The molecule has 3 rings (SSSR count). The standard InChI is InChI=1S/C16H18F2N4O2.ClH/c1-22-9-8-19-10-12(22)15-20-14(24-21-15)7-6-11-4-2-3-5-13(11)23-16(17)18;/h2-7,12,16,19H,8-10H2,1H3;1H/b7-6+;. The van der Waals surface area contributed by atoms with Gasteiger partial charge in [-0.05, 0) is 19.2 Å². The van der Waals surface area contributed by atoms with Crippen molar-refractivity contribution >= 4 is 24.6 Å². The SMILES string of the molecule is CN1CCNCC1c1noc(/C=C/c2ccccc2OC(F)F)n1.Cl. The van der Waals surface area contributed by atoms with Gasteiger partial charge in [-0.2, -0.15) is 13.8 Å². The molecule has 0 radical (unpaired) electrons. The Morgan fingerprint density at radius 1 is 1.36 bits per heavy atom. The first-order chi connectivity index (χ1) is 11.6. The molecule has 25 heavy (non-hydrogen) atoms. The average molecular weight is 373 g/mol. The minimum absolute atomic E-state index is 0. The van der Waals surface area contributed by atoms with Crippen molar-refractivity contribution in [1.82, 2.24) is 20.4 Å². The monoisotopic (exact) mass is 372 g/mol. The highest BCUT2D eigenvalue weighted by atomic mass is 35.5. The summed E-state index contributed by atoms with van der Waals surface area (Å²) in [6.45, 7) is -0.283. The molecule has 1 aromatic carbocycles. The van der Waals surface area contributed by atoms with Gasteiger partial charge in [-0.1, -0.05) is 23.4 Å². The van der Waals surface area contributed by atoms with E-state index in [9.17, 15) is 8.78 Å². The minimum Gasteiger partial charge on any atom is -0.434 e. The second kappa shape index (κ2) is 8.89. The topological polar surface area (TPSA) is 63.4 Å². The first kappa shape index (κ1) is 19.3. The van der Waals surface area contributed by atoms with E-state index < -0.39 is 6.61 Å². The lowest BCUT2D eigenvalue weighted by Crippen LogP contribution is -2.44.